The SMILES string of the molecule is CC1CCC2=C(CC[C@@H](O[Si](C)(C)C(C)(C)C)[C@]2(C)CC=O)[C@@]1(C)Cc1c[nH]c2ccccc12. The third-order valence-electron chi connectivity index (χ3n) is 10.0. The molecule has 186 valence electrons. The Labute approximate surface area is 207 Å². The molecule has 2 aromatic rings. The standard InChI is InChI=1S/C30H45NO2Si/c1-21-13-14-24-25(30(21,6)19-22-20-31-26-12-10-9-11-23(22)26)15-16-27(29(24,5)17-18-32)33-34(7,8)28(2,3)4/h9-12,18,20-21,27,31H,13-17,19H2,1-8H3/t21?,27-,29-,30+/m1/s1. The molecule has 0 fully saturated rings. The van der Waals surface area contributed by atoms with Gasteiger partial charge in [0.15, 0.2) is 8.32 Å². The van der Waals surface area contributed by atoms with E-state index < -0.39 is 8.32 Å². The van der Waals surface area contributed by atoms with Gasteiger partial charge >= 0.3 is 0 Å². The number of aromatic nitrogens is 1. The molecule has 2 aliphatic rings. The maximum Gasteiger partial charge on any atom is 0.192 e. The van der Waals surface area contributed by atoms with Crippen LogP contribution in [0.25, 0.3) is 10.9 Å². The van der Waals surface area contributed by atoms with Gasteiger partial charge in [-0.05, 0) is 73.2 Å². The Hall–Kier alpha value is -1.65. The summed E-state index contributed by atoms with van der Waals surface area (Å²) in [6.07, 6.45) is 9.48. The summed E-state index contributed by atoms with van der Waals surface area (Å²) in [6, 6.07) is 8.65. The van der Waals surface area contributed by atoms with Gasteiger partial charge in [-0.1, -0.05) is 70.9 Å². The average Bonchev–Trinajstić information content (AvgIpc) is 3.15. The van der Waals surface area contributed by atoms with Crippen molar-refractivity contribution in [2.24, 2.45) is 16.7 Å². The van der Waals surface area contributed by atoms with Crippen molar-refractivity contribution >= 4 is 25.5 Å². The molecule has 1 aromatic carbocycles. The molecule has 34 heavy (non-hydrogen) atoms. The van der Waals surface area contributed by atoms with E-state index in [0.717, 1.165) is 32.0 Å². The number of hydrogen-bond acceptors (Lipinski definition) is 2. The fourth-order valence-corrected chi connectivity index (χ4v) is 7.87. The lowest BCUT2D eigenvalue weighted by molar-refractivity contribution is -0.111. The minimum Gasteiger partial charge on any atom is -0.413 e. The number of aromatic amines is 1. The van der Waals surface area contributed by atoms with Crippen LogP contribution in [0.4, 0.5) is 0 Å². The van der Waals surface area contributed by atoms with E-state index in [1.54, 1.807) is 5.57 Å². The van der Waals surface area contributed by atoms with E-state index in [1.807, 2.05) is 0 Å². The van der Waals surface area contributed by atoms with Crippen LogP contribution >= 0.6 is 0 Å². The zero-order chi connectivity index (χ0) is 24.9. The number of para-hydroxylation sites is 1. The van der Waals surface area contributed by atoms with Crippen molar-refractivity contribution in [2.75, 3.05) is 0 Å². The van der Waals surface area contributed by atoms with Gasteiger partial charge in [0.05, 0.1) is 6.10 Å². The Bertz CT molecular complexity index is 1090. The third-order valence-corrected chi connectivity index (χ3v) is 14.5. The van der Waals surface area contributed by atoms with E-state index in [4.69, 9.17) is 4.43 Å². The maximum atomic E-state index is 12.0. The van der Waals surface area contributed by atoms with Crippen LogP contribution in [0.15, 0.2) is 41.6 Å². The first-order valence-electron chi connectivity index (χ1n) is 13.2. The Kier molecular flexibility index (Phi) is 6.57. The highest BCUT2D eigenvalue weighted by molar-refractivity contribution is 6.74. The highest BCUT2D eigenvalue weighted by Gasteiger charge is 2.52. The number of aldehydes is 1. The normalized spacial score (nSPS) is 30.5. The van der Waals surface area contributed by atoms with Crippen LogP contribution in [0.5, 0.6) is 0 Å². The van der Waals surface area contributed by atoms with Crippen molar-refractivity contribution in [3.05, 3.63) is 47.2 Å². The van der Waals surface area contributed by atoms with Crippen molar-refractivity contribution < 1.29 is 9.22 Å². The van der Waals surface area contributed by atoms with Gasteiger partial charge < -0.3 is 14.2 Å². The first-order valence-corrected chi connectivity index (χ1v) is 16.1. The molecule has 0 radical (unpaired) electrons. The minimum atomic E-state index is -1.94. The first kappa shape index (κ1) is 25.4. The lowest BCUT2D eigenvalue weighted by Crippen LogP contribution is -2.52. The molecule has 3 nitrogen and oxygen atoms in total. The molecule has 0 saturated carbocycles. The van der Waals surface area contributed by atoms with Crippen molar-refractivity contribution in [1.82, 2.24) is 4.98 Å². The number of hydrogen-bond donors (Lipinski definition) is 1. The average molecular weight is 480 g/mol. The van der Waals surface area contributed by atoms with Crippen LogP contribution < -0.4 is 0 Å². The molecule has 0 aliphatic heterocycles. The predicted molar refractivity (Wildman–Crippen MR) is 146 cm³/mol. The molecule has 4 rings (SSSR count). The number of benzene rings is 1. The summed E-state index contributed by atoms with van der Waals surface area (Å²) < 4.78 is 7.06. The lowest BCUT2D eigenvalue weighted by atomic mass is 9.54. The van der Waals surface area contributed by atoms with Crippen molar-refractivity contribution in [1.29, 1.82) is 0 Å². The zero-order valence-electron chi connectivity index (χ0n) is 22.7. The number of nitrogens with one attached hydrogen (secondary N) is 1. The zero-order valence-corrected chi connectivity index (χ0v) is 23.7. The Morgan fingerprint density at radius 1 is 1.09 bits per heavy atom. The smallest absolute Gasteiger partial charge is 0.192 e. The molecule has 4 atom stereocenters. The van der Waals surface area contributed by atoms with Gasteiger partial charge in [0.2, 0.25) is 0 Å². The molecule has 0 amide bonds. The molecule has 0 saturated heterocycles. The summed E-state index contributed by atoms with van der Waals surface area (Å²) >= 11 is 0. The minimum absolute atomic E-state index is 0.102. The van der Waals surface area contributed by atoms with Gasteiger partial charge in [-0.2, -0.15) is 0 Å². The molecule has 4 heteroatoms. The van der Waals surface area contributed by atoms with Crippen LogP contribution in [-0.2, 0) is 15.6 Å². The van der Waals surface area contributed by atoms with Crippen LogP contribution in [0.2, 0.25) is 18.1 Å². The third kappa shape index (κ3) is 4.15. The number of carbonyl (C=O) groups excluding carboxylic acids is 1. The predicted octanol–water partition coefficient (Wildman–Crippen LogP) is 8.22. The van der Waals surface area contributed by atoms with Gasteiger partial charge in [0.1, 0.15) is 6.29 Å². The van der Waals surface area contributed by atoms with Gasteiger partial charge in [0.25, 0.3) is 0 Å². The van der Waals surface area contributed by atoms with Crippen molar-refractivity contribution in [3.8, 4) is 0 Å². The summed E-state index contributed by atoms with van der Waals surface area (Å²) in [5.41, 5.74) is 5.69. The van der Waals surface area contributed by atoms with E-state index in [1.165, 1.54) is 28.5 Å². The largest absolute Gasteiger partial charge is 0.413 e. The summed E-state index contributed by atoms with van der Waals surface area (Å²) in [7, 11) is -1.94. The van der Waals surface area contributed by atoms with Crippen LogP contribution in [0, 0.1) is 16.7 Å². The second kappa shape index (κ2) is 8.78. The van der Waals surface area contributed by atoms with Crippen molar-refractivity contribution in [3.63, 3.8) is 0 Å². The van der Waals surface area contributed by atoms with E-state index >= 15 is 0 Å². The fourth-order valence-electron chi connectivity index (χ4n) is 6.43. The van der Waals surface area contributed by atoms with E-state index in [9.17, 15) is 4.79 Å². The van der Waals surface area contributed by atoms with Gasteiger partial charge in [0, 0.05) is 28.9 Å². The molecule has 1 aromatic heterocycles. The second-order valence-electron chi connectivity index (χ2n) is 13.0. The summed E-state index contributed by atoms with van der Waals surface area (Å²) in [6.45, 7) is 18.9. The van der Waals surface area contributed by atoms with Crippen LogP contribution in [0.3, 0.4) is 0 Å². The molecule has 0 bridgehead atoms. The summed E-state index contributed by atoms with van der Waals surface area (Å²) in [4.78, 5) is 15.5. The summed E-state index contributed by atoms with van der Waals surface area (Å²) in [5.74, 6) is 0.609. The Morgan fingerprint density at radius 2 is 1.74 bits per heavy atom. The maximum absolute atomic E-state index is 12.0. The Balaban J connectivity index is 1.75. The van der Waals surface area contributed by atoms with E-state index in [-0.39, 0.29) is 22.0 Å². The second-order valence-corrected chi connectivity index (χ2v) is 17.8. The van der Waals surface area contributed by atoms with E-state index in [0.29, 0.717) is 12.3 Å². The highest BCUT2D eigenvalue weighted by atomic mass is 28.4. The molecule has 0 spiro atoms. The summed E-state index contributed by atoms with van der Waals surface area (Å²) in [5, 5.41) is 1.50. The number of carbonyl (C=O) groups is 1. The highest BCUT2D eigenvalue weighted by Crippen LogP contribution is 2.58. The molecule has 1 heterocycles. The topological polar surface area (TPSA) is 42.1 Å². The number of allylic oxidation sites excluding steroid dienone is 1. The molecule has 1 N–H and O–H groups in total. The number of H-pyrrole nitrogens is 1. The van der Waals surface area contributed by atoms with Crippen LogP contribution in [0.1, 0.15) is 79.2 Å². The quantitative estimate of drug-likeness (QED) is 0.257. The van der Waals surface area contributed by atoms with Gasteiger partial charge in [-0.15, -0.1) is 0 Å². The molecular formula is C30H45NO2Si. The lowest BCUT2D eigenvalue weighted by Gasteiger charge is -2.54. The Morgan fingerprint density at radius 3 is 2.41 bits per heavy atom. The monoisotopic (exact) mass is 479 g/mol. The fraction of sp³-hybridized carbons (Fsp3) is 0.633. The van der Waals surface area contributed by atoms with Gasteiger partial charge in [-0.3, -0.25) is 0 Å². The number of fused-ring (bicyclic) bond motifs is 1. The molecule has 2 aliphatic carbocycles. The molecule has 1 unspecified atom stereocenters. The first-order chi connectivity index (χ1) is 15.8. The van der Waals surface area contributed by atoms with Crippen molar-refractivity contribution in [2.45, 2.75) is 104 Å². The van der Waals surface area contributed by atoms with Crippen LogP contribution in [-0.4, -0.2) is 25.7 Å². The molecular weight excluding hydrogens is 434 g/mol. The number of rotatable bonds is 6. The van der Waals surface area contributed by atoms with Gasteiger partial charge in [-0.25, -0.2) is 0 Å². The van der Waals surface area contributed by atoms with E-state index in [2.05, 4.69) is 90.1 Å².